The maximum absolute atomic E-state index is 3.77. The van der Waals surface area contributed by atoms with Gasteiger partial charge in [-0.15, -0.1) is 0 Å². The first kappa shape index (κ1) is 10.5. The fourth-order valence-corrected chi connectivity index (χ4v) is 1.32. The molecule has 0 fully saturated rings. The molecule has 0 aromatic rings. The van der Waals surface area contributed by atoms with E-state index in [2.05, 4.69) is 32.3 Å². The average molecular weight is 155 g/mol. The number of rotatable bonds is 6. The molecule has 0 aromatic carbocycles. The van der Waals surface area contributed by atoms with Gasteiger partial charge in [0.25, 0.3) is 0 Å². The summed E-state index contributed by atoms with van der Waals surface area (Å²) >= 11 is 0. The van der Waals surface area contributed by atoms with Crippen LogP contribution in [0.4, 0.5) is 0 Å². The molecule has 0 saturated heterocycles. The molecule has 0 N–H and O–H groups in total. The highest BCUT2D eigenvalue weighted by Crippen LogP contribution is 2.06. The lowest BCUT2D eigenvalue weighted by Gasteiger charge is -2.21. The molecule has 0 aliphatic carbocycles. The van der Waals surface area contributed by atoms with Crippen molar-refractivity contribution < 1.29 is 0 Å². The molecule has 1 heteroatoms. The van der Waals surface area contributed by atoms with Crippen molar-refractivity contribution in [3.63, 3.8) is 0 Å². The molecule has 0 aliphatic rings. The molecule has 0 bridgehead atoms. The normalized spacial score (nSPS) is 12.6. The van der Waals surface area contributed by atoms with Crippen LogP contribution >= 0.6 is 0 Å². The van der Waals surface area contributed by atoms with Crippen LogP contribution in [0, 0.1) is 5.92 Å². The summed E-state index contributed by atoms with van der Waals surface area (Å²) in [5.41, 5.74) is 0. The Hall–Kier alpha value is -0.460. The number of nitrogens with zero attached hydrogens (tertiary/aromatic N) is 1. The second-order valence-electron chi connectivity index (χ2n) is 3.16. The fourth-order valence-electron chi connectivity index (χ4n) is 1.32. The lowest BCUT2D eigenvalue weighted by molar-refractivity contribution is 0.321. The van der Waals surface area contributed by atoms with Gasteiger partial charge in [-0.3, -0.25) is 0 Å². The summed E-state index contributed by atoms with van der Waals surface area (Å²) in [6.45, 7) is 12.7. The van der Waals surface area contributed by atoms with E-state index in [0.717, 1.165) is 19.0 Å². The molecule has 1 unspecified atom stereocenters. The van der Waals surface area contributed by atoms with E-state index < -0.39 is 0 Å². The SMILES string of the molecule is C=CN(CC)CC(C)CCC. The largest absolute Gasteiger partial charge is 0.378 e. The molecule has 0 aliphatic heterocycles. The third kappa shape index (κ3) is 4.88. The summed E-state index contributed by atoms with van der Waals surface area (Å²) < 4.78 is 0. The van der Waals surface area contributed by atoms with E-state index >= 15 is 0 Å². The molecule has 0 aromatic heterocycles. The Bertz CT molecular complexity index is 99.0. The van der Waals surface area contributed by atoms with Crippen molar-refractivity contribution >= 4 is 0 Å². The van der Waals surface area contributed by atoms with Crippen LogP contribution in [0.25, 0.3) is 0 Å². The summed E-state index contributed by atoms with van der Waals surface area (Å²) in [6.07, 6.45) is 4.55. The highest BCUT2D eigenvalue weighted by atomic mass is 15.1. The van der Waals surface area contributed by atoms with Gasteiger partial charge in [-0.25, -0.2) is 0 Å². The van der Waals surface area contributed by atoms with Gasteiger partial charge in [-0.05, 0) is 25.5 Å². The fraction of sp³-hybridized carbons (Fsp3) is 0.800. The van der Waals surface area contributed by atoms with Crippen LogP contribution in [0.15, 0.2) is 12.8 Å². The summed E-state index contributed by atoms with van der Waals surface area (Å²) in [5, 5.41) is 0. The van der Waals surface area contributed by atoms with Gasteiger partial charge in [-0.1, -0.05) is 26.8 Å². The molecule has 66 valence electrons. The maximum atomic E-state index is 3.77. The molecular weight excluding hydrogens is 134 g/mol. The van der Waals surface area contributed by atoms with Gasteiger partial charge in [-0.2, -0.15) is 0 Å². The van der Waals surface area contributed by atoms with E-state index in [1.807, 2.05) is 6.20 Å². The van der Waals surface area contributed by atoms with E-state index in [1.165, 1.54) is 12.8 Å². The number of hydrogen-bond acceptors (Lipinski definition) is 1. The van der Waals surface area contributed by atoms with Crippen molar-refractivity contribution in [2.24, 2.45) is 5.92 Å². The molecule has 0 saturated carbocycles. The molecule has 0 radical (unpaired) electrons. The van der Waals surface area contributed by atoms with Gasteiger partial charge in [0, 0.05) is 13.1 Å². The summed E-state index contributed by atoms with van der Waals surface area (Å²) in [5.74, 6) is 0.804. The quantitative estimate of drug-likeness (QED) is 0.570. The molecule has 0 amide bonds. The smallest absolute Gasteiger partial charge is 0.0197 e. The van der Waals surface area contributed by atoms with E-state index in [1.54, 1.807) is 0 Å². The van der Waals surface area contributed by atoms with Crippen LogP contribution in [0.2, 0.25) is 0 Å². The van der Waals surface area contributed by atoms with Gasteiger partial charge in [0.2, 0.25) is 0 Å². The third-order valence-corrected chi connectivity index (χ3v) is 1.99. The molecule has 0 rings (SSSR count). The minimum Gasteiger partial charge on any atom is -0.378 e. The zero-order valence-electron chi connectivity index (χ0n) is 8.14. The van der Waals surface area contributed by atoms with E-state index in [9.17, 15) is 0 Å². The summed E-state index contributed by atoms with van der Waals surface area (Å²) in [4.78, 5) is 2.26. The minimum atomic E-state index is 0.804. The highest BCUT2D eigenvalue weighted by molar-refractivity contribution is 4.71. The van der Waals surface area contributed by atoms with Crippen molar-refractivity contribution in [1.82, 2.24) is 4.90 Å². The molecule has 1 nitrogen and oxygen atoms in total. The highest BCUT2D eigenvalue weighted by Gasteiger charge is 2.02. The van der Waals surface area contributed by atoms with Gasteiger partial charge in [0.05, 0.1) is 0 Å². The predicted octanol–water partition coefficient (Wildman–Crippen LogP) is 2.89. The van der Waals surface area contributed by atoms with Crippen molar-refractivity contribution in [3.05, 3.63) is 12.8 Å². The molecule has 11 heavy (non-hydrogen) atoms. The van der Waals surface area contributed by atoms with Crippen LogP contribution in [-0.2, 0) is 0 Å². The topological polar surface area (TPSA) is 3.24 Å². The Balaban J connectivity index is 3.53. The van der Waals surface area contributed by atoms with E-state index in [-0.39, 0.29) is 0 Å². The predicted molar refractivity (Wildman–Crippen MR) is 51.5 cm³/mol. The first-order valence-electron chi connectivity index (χ1n) is 4.61. The second kappa shape index (κ2) is 6.26. The lowest BCUT2D eigenvalue weighted by atomic mass is 10.1. The first-order valence-corrected chi connectivity index (χ1v) is 4.61. The zero-order chi connectivity index (χ0) is 8.69. The maximum Gasteiger partial charge on any atom is 0.0197 e. The van der Waals surface area contributed by atoms with Crippen molar-refractivity contribution in [1.29, 1.82) is 0 Å². The van der Waals surface area contributed by atoms with Crippen LogP contribution in [0.5, 0.6) is 0 Å². The standard InChI is InChI=1S/C10H21N/c1-5-8-10(4)9-11(6-2)7-3/h6,10H,2,5,7-9H2,1,3-4H3. The minimum absolute atomic E-state index is 0.804. The summed E-state index contributed by atoms with van der Waals surface area (Å²) in [6, 6.07) is 0. The average Bonchev–Trinajstić information content (AvgIpc) is 2.01. The Morgan fingerprint density at radius 2 is 2.09 bits per heavy atom. The Morgan fingerprint density at radius 3 is 2.45 bits per heavy atom. The van der Waals surface area contributed by atoms with E-state index in [0.29, 0.717) is 0 Å². The van der Waals surface area contributed by atoms with Crippen LogP contribution in [0.3, 0.4) is 0 Å². The second-order valence-corrected chi connectivity index (χ2v) is 3.16. The molecule has 0 heterocycles. The van der Waals surface area contributed by atoms with Gasteiger partial charge in [0.15, 0.2) is 0 Å². The molecule has 0 spiro atoms. The Labute approximate surface area is 71.1 Å². The monoisotopic (exact) mass is 155 g/mol. The first-order chi connectivity index (χ1) is 5.24. The number of hydrogen-bond donors (Lipinski definition) is 0. The van der Waals surface area contributed by atoms with Crippen LogP contribution in [0.1, 0.15) is 33.6 Å². The third-order valence-electron chi connectivity index (χ3n) is 1.99. The molecular formula is C10H21N. The van der Waals surface area contributed by atoms with Crippen LogP contribution < -0.4 is 0 Å². The van der Waals surface area contributed by atoms with Gasteiger partial charge >= 0.3 is 0 Å². The lowest BCUT2D eigenvalue weighted by Crippen LogP contribution is -2.22. The summed E-state index contributed by atoms with van der Waals surface area (Å²) in [7, 11) is 0. The van der Waals surface area contributed by atoms with Crippen molar-refractivity contribution in [3.8, 4) is 0 Å². The molecule has 1 atom stereocenters. The van der Waals surface area contributed by atoms with Crippen molar-refractivity contribution in [2.75, 3.05) is 13.1 Å². The van der Waals surface area contributed by atoms with Gasteiger partial charge in [0.1, 0.15) is 0 Å². The zero-order valence-corrected chi connectivity index (χ0v) is 8.14. The van der Waals surface area contributed by atoms with Crippen molar-refractivity contribution in [2.45, 2.75) is 33.6 Å². The van der Waals surface area contributed by atoms with E-state index in [4.69, 9.17) is 0 Å². The van der Waals surface area contributed by atoms with Gasteiger partial charge < -0.3 is 4.90 Å². The Morgan fingerprint density at radius 1 is 1.45 bits per heavy atom. The Kier molecular flexibility index (Phi) is 6.00. The van der Waals surface area contributed by atoms with Crippen LogP contribution in [-0.4, -0.2) is 18.0 Å².